The lowest BCUT2D eigenvalue weighted by Crippen LogP contribution is -2.41. The number of amides is 1. The molecule has 30 heavy (non-hydrogen) atoms. The number of benzene rings is 2. The molecule has 7 nitrogen and oxygen atoms in total. The molecule has 1 amide bonds. The molecule has 2 aromatic carbocycles. The number of nitrogens with one attached hydrogen (secondary N) is 1. The number of carbonyl (C=O) groups is 1. The summed E-state index contributed by atoms with van der Waals surface area (Å²) in [5.41, 5.74) is 0.351. The molecule has 0 atom stereocenters. The number of ether oxygens (including phenoxy) is 1. The Hall–Kier alpha value is -3.26. The maximum Gasteiger partial charge on any atom is 0.264 e. The fourth-order valence-corrected chi connectivity index (χ4v) is 4.37. The molecular formula is C22H24N2O5S. The Balaban J connectivity index is 1.74. The van der Waals surface area contributed by atoms with Gasteiger partial charge in [-0.15, -0.1) is 0 Å². The van der Waals surface area contributed by atoms with Crippen LogP contribution < -0.4 is 14.4 Å². The van der Waals surface area contributed by atoms with E-state index in [1.54, 1.807) is 48.7 Å². The van der Waals surface area contributed by atoms with E-state index in [0.717, 1.165) is 10.1 Å². The van der Waals surface area contributed by atoms with Crippen molar-refractivity contribution in [3.8, 4) is 5.75 Å². The third-order valence-corrected chi connectivity index (χ3v) is 6.25. The number of anilines is 1. The fraction of sp³-hybridized carbons (Fsp3) is 0.227. The summed E-state index contributed by atoms with van der Waals surface area (Å²) in [6.45, 7) is 0.0714. The van der Waals surface area contributed by atoms with Crippen molar-refractivity contribution in [2.24, 2.45) is 0 Å². The highest BCUT2D eigenvalue weighted by Gasteiger charge is 2.27. The van der Waals surface area contributed by atoms with Gasteiger partial charge in [-0.1, -0.05) is 24.3 Å². The number of furan rings is 1. The highest BCUT2D eigenvalue weighted by atomic mass is 32.2. The molecule has 3 rings (SSSR count). The quantitative estimate of drug-likeness (QED) is 0.501. The molecule has 0 aliphatic heterocycles. The Morgan fingerprint density at radius 2 is 1.87 bits per heavy atom. The maximum atomic E-state index is 13.2. The van der Waals surface area contributed by atoms with Crippen LogP contribution in [0.2, 0.25) is 0 Å². The van der Waals surface area contributed by atoms with Crippen LogP contribution in [-0.2, 0) is 21.2 Å². The number of methoxy groups -OCH3 is 1. The van der Waals surface area contributed by atoms with Crippen LogP contribution in [0, 0.1) is 0 Å². The maximum absolute atomic E-state index is 13.2. The first-order chi connectivity index (χ1) is 14.5. The SMILES string of the molecule is COc1cccc(N(CC(=O)NCCCc2ccco2)S(=O)(=O)c2ccccc2)c1. The van der Waals surface area contributed by atoms with Gasteiger partial charge in [0.05, 0.1) is 24.0 Å². The number of hydrogen-bond donors (Lipinski definition) is 1. The topological polar surface area (TPSA) is 88.8 Å². The van der Waals surface area contributed by atoms with E-state index in [0.29, 0.717) is 30.8 Å². The van der Waals surface area contributed by atoms with Gasteiger partial charge in [0.2, 0.25) is 5.91 Å². The zero-order valence-electron chi connectivity index (χ0n) is 16.7. The molecule has 0 bridgehead atoms. The lowest BCUT2D eigenvalue weighted by Gasteiger charge is -2.24. The molecule has 3 aromatic rings. The summed E-state index contributed by atoms with van der Waals surface area (Å²) in [5.74, 6) is 0.949. The normalized spacial score (nSPS) is 11.1. The lowest BCUT2D eigenvalue weighted by molar-refractivity contribution is -0.119. The molecule has 8 heteroatoms. The highest BCUT2D eigenvalue weighted by molar-refractivity contribution is 7.92. The van der Waals surface area contributed by atoms with E-state index in [2.05, 4.69) is 5.32 Å². The Bertz CT molecular complexity index is 1050. The average Bonchev–Trinajstić information content (AvgIpc) is 3.29. The second-order valence-corrected chi connectivity index (χ2v) is 8.42. The van der Waals surface area contributed by atoms with Crippen LogP contribution in [0.15, 0.2) is 82.3 Å². The second-order valence-electron chi connectivity index (χ2n) is 6.56. The third kappa shape index (κ3) is 5.42. The van der Waals surface area contributed by atoms with Gasteiger partial charge in [-0.2, -0.15) is 0 Å². The number of hydrogen-bond acceptors (Lipinski definition) is 5. The van der Waals surface area contributed by atoms with Gasteiger partial charge in [0.1, 0.15) is 18.1 Å². The Morgan fingerprint density at radius 3 is 2.57 bits per heavy atom. The van der Waals surface area contributed by atoms with Crippen LogP contribution in [0.5, 0.6) is 5.75 Å². The minimum absolute atomic E-state index is 0.110. The summed E-state index contributed by atoms with van der Waals surface area (Å²) in [6, 6.07) is 18.3. The van der Waals surface area contributed by atoms with Gasteiger partial charge < -0.3 is 14.5 Å². The molecule has 0 aliphatic rings. The number of rotatable bonds is 10. The fourth-order valence-electron chi connectivity index (χ4n) is 2.93. The van der Waals surface area contributed by atoms with Crippen LogP contribution in [0.25, 0.3) is 0 Å². The smallest absolute Gasteiger partial charge is 0.264 e. The predicted octanol–water partition coefficient (Wildman–Crippen LogP) is 3.23. The monoisotopic (exact) mass is 428 g/mol. The molecule has 0 unspecified atom stereocenters. The van der Waals surface area contributed by atoms with Crippen molar-refractivity contribution < 1.29 is 22.4 Å². The van der Waals surface area contributed by atoms with Crippen molar-refractivity contribution in [2.75, 3.05) is 24.5 Å². The highest BCUT2D eigenvalue weighted by Crippen LogP contribution is 2.26. The van der Waals surface area contributed by atoms with E-state index in [9.17, 15) is 13.2 Å². The number of aryl methyl sites for hydroxylation is 1. The molecule has 0 saturated heterocycles. The molecule has 1 aromatic heterocycles. The van der Waals surface area contributed by atoms with Gasteiger partial charge >= 0.3 is 0 Å². The van der Waals surface area contributed by atoms with Crippen LogP contribution in [-0.4, -0.2) is 34.5 Å². The van der Waals surface area contributed by atoms with Crippen molar-refractivity contribution in [1.29, 1.82) is 0 Å². The van der Waals surface area contributed by atoms with E-state index < -0.39 is 15.9 Å². The van der Waals surface area contributed by atoms with Crippen molar-refractivity contribution >= 4 is 21.6 Å². The van der Waals surface area contributed by atoms with Gasteiger partial charge in [0.15, 0.2) is 0 Å². The van der Waals surface area contributed by atoms with Gasteiger partial charge in [-0.25, -0.2) is 8.42 Å². The molecule has 0 fully saturated rings. The minimum Gasteiger partial charge on any atom is -0.497 e. The minimum atomic E-state index is -3.94. The zero-order chi connectivity index (χ0) is 21.4. The first kappa shape index (κ1) is 21.4. The molecule has 0 aliphatic carbocycles. The van der Waals surface area contributed by atoms with Crippen LogP contribution in [0.3, 0.4) is 0 Å². The van der Waals surface area contributed by atoms with E-state index in [-0.39, 0.29) is 11.4 Å². The number of sulfonamides is 1. The lowest BCUT2D eigenvalue weighted by atomic mass is 10.2. The average molecular weight is 429 g/mol. The number of carbonyl (C=O) groups excluding carboxylic acids is 1. The van der Waals surface area contributed by atoms with Gasteiger partial charge in [-0.05, 0) is 42.8 Å². The molecular weight excluding hydrogens is 404 g/mol. The molecule has 0 radical (unpaired) electrons. The Labute approximate surface area is 176 Å². The molecule has 0 saturated carbocycles. The summed E-state index contributed by atoms with van der Waals surface area (Å²) in [5, 5.41) is 2.78. The molecule has 158 valence electrons. The first-order valence-electron chi connectivity index (χ1n) is 9.51. The third-order valence-electron chi connectivity index (χ3n) is 4.46. The van der Waals surface area contributed by atoms with Crippen LogP contribution in [0.1, 0.15) is 12.2 Å². The van der Waals surface area contributed by atoms with E-state index in [4.69, 9.17) is 9.15 Å². The van der Waals surface area contributed by atoms with Crippen molar-refractivity contribution in [1.82, 2.24) is 5.32 Å². The zero-order valence-corrected chi connectivity index (χ0v) is 17.5. The van der Waals surface area contributed by atoms with Crippen molar-refractivity contribution in [2.45, 2.75) is 17.7 Å². The Kier molecular flexibility index (Phi) is 7.13. The Morgan fingerprint density at radius 1 is 1.07 bits per heavy atom. The standard InChI is InChI=1S/C22H24N2O5S/c1-28-20-9-5-8-18(16-20)24(30(26,27)21-12-3-2-4-13-21)17-22(25)23-14-6-10-19-11-7-15-29-19/h2-5,7-9,11-13,15-16H,6,10,14,17H2,1H3,(H,23,25). The summed E-state index contributed by atoms with van der Waals surface area (Å²) < 4.78 is 38.1. The summed E-state index contributed by atoms with van der Waals surface area (Å²) in [6.07, 6.45) is 2.98. The molecule has 1 heterocycles. The second kappa shape index (κ2) is 9.98. The van der Waals surface area contributed by atoms with Crippen molar-refractivity contribution in [3.05, 3.63) is 78.8 Å². The van der Waals surface area contributed by atoms with E-state index in [1.807, 2.05) is 12.1 Å². The number of nitrogens with zero attached hydrogens (tertiary/aromatic N) is 1. The summed E-state index contributed by atoms with van der Waals surface area (Å²) in [4.78, 5) is 12.7. The van der Waals surface area contributed by atoms with Crippen molar-refractivity contribution in [3.63, 3.8) is 0 Å². The molecule has 0 spiro atoms. The van der Waals surface area contributed by atoms with E-state index in [1.165, 1.54) is 19.2 Å². The van der Waals surface area contributed by atoms with Crippen LogP contribution in [0.4, 0.5) is 5.69 Å². The largest absolute Gasteiger partial charge is 0.497 e. The van der Waals surface area contributed by atoms with Crippen LogP contribution >= 0.6 is 0 Å². The predicted molar refractivity (Wildman–Crippen MR) is 114 cm³/mol. The summed E-state index contributed by atoms with van der Waals surface area (Å²) in [7, 11) is -2.44. The van der Waals surface area contributed by atoms with E-state index >= 15 is 0 Å². The molecule has 1 N–H and O–H groups in total. The van der Waals surface area contributed by atoms with Gasteiger partial charge in [-0.3, -0.25) is 9.10 Å². The summed E-state index contributed by atoms with van der Waals surface area (Å²) >= 11 is 0. The van der Waals surface area contributed by atoms with Gasteiger partial charge in [0, 0.05) is 19.0 Å². The first-order valence-corrected chi connectivity index (χ1v) is 11.0. The van der Waals surface area contributed by atoms with Gasteiger partial charge in [0.25, 0.3) is 10.0 Å².